The second kappa shape index (κ2) is 7.04. The van der Waals surface area contributed by atoms with Crippen LogP contribution in [0.3, 0.4) is 0 Å². The number of hydrogen-bond donors (Lipinski definition) is 2. The predicted molar refractivity (Wildman–Crippen MR) is 75.9 cm³/mol. The molecule has 0 amide bonds. The van der Waals surface area contributed by atoms with E-state index in [1.165, 1.54) is 12.2 Å². The van der Waals surface area contributed by atoms with Crippen LogP contribution in [0.15, 0.2) is 24.3 Å². The number of aliphatic hydroxyl groups is 2. The molecule has 4 heteroatoms. The number of aliphatic hydroxyl groups excluding tert-OH is 2. The normalized spacial score (nSPS) is 42.5. The highest BCUT2D eigenvalue weighted by Crippen LogP contribution is 2.36. The third kappa shape index (κ3) is 4.18. The predicted octanol–water partition coefficient (Wildman–Crippen LogP) is 1.96. The van der Waals surface area contributed by atoms with Crippen molar-refractivity contribution in [2.75, 3.05) is 0 Å². The molecule has 0 aromatic rings. The van der Waals surface area contributed by atoms with Crippen LogP contribution in [-0.2, 0) is 9.53 Å². The number of carbonyl (C=O) groups is 1. The van der Waals surface area contributed by atoms with Gasteiger partial charge in [-0.15, -0.1) is 0 Å². The third-order valence-corrected chi connectivity index (χ3v) is 4.19. The molecule has 1 saturated carbocycles. The van der Waals surface area contributed by atoms with E-state index in [0.717, 1.165) is 19.3 Å². The van der Waals surface area contributed by atoms with Crippen molar-refractivity contribution >= 4 is 5.97 Å². The molecule has 2 rings (SSSR count). The van der Waals surface area contributed by atoms with Crippen LogP contribution in [0.5, 0.6) is 0 Å². The highest BCUT2D eigenvalue weighted by Gasteiger charge is 2.35. The average Bonchev–Trinajstić information content (AvgIpc) is 2.76. The van der Waals surface area contributed by atoms with E-state index in [4.69, 9.17) is 4.74 Å². The fourth-order valence-corrected chi connectivity index (χ4v) is 3.10. The molecule has 5 atom stereocenters. The van der Waals surface area contributed by atoms with Crippen LogP contribution in [0.4, 0.5) is 0 Å². The number of cyclic esters (lactones) is 1. The van der Waals surface area contributed by atoms with E-state index in [0.29, 0.717) is 12.8 Å². The first kappa shape index (κ1) is 15.3. The summed E-state index contributed by atoms with van der Waals surface area (Å²) >= 11 is 0. The lowest BCUT2D eigenvalue weighted by molar-refractivity contribution is -0.142. The molecule has 1 aliphatic carbocycles. The molecule has 112 valence electrons. The van der Waals surface area contributed by atoms with Crippen molar-refractivity contribution < 1.29 is 19.7 Å². The second-order valence-electron chi connectivity index (χ2n) is 5.91. The quantitative estimate of drug-likeness (QED) is 0.526. The van der Waals surface area contributed by atoms with Crippen molar-refractivity contribution in [2.45, 2.75) is 57.3 Å². The number of esters is 1. The fraction of sp³-hybridized carbons (Fsp3) is 0.688. The van der Waals surface area contributed by atoms with Crippen LogP contribution in [-0.4, -0.2) is 34.5 Å². The molecule has 0 unspecified atom stereocenters. The minimum absolute atomic E-state index is 0.0246. The van der Waals surface area contributed by atoms with E-state index in [1.54, 1.807) is 0 Å². The van der Waals surface area contributed by atoms with Crippen molar-refractivity contribution in [2.24, 2.45) is 11.8 Å². The van der Waals surface area contributed by atoms with Crippen LogP contribution >= 0.6 is 0 Å². The summed E-state index contributed by atoms with van der Waals surface area (Å²) in [5, 5.41) is 20.0. The van der Waals surface area contributed by atoms with Crippen molar-refractivity contribution in [3.63, 3.8) is 0 Å². The summed E-state index contributed by atoms with van der Waals surface area (Å²) in [7, 11) is 0. The summed E-state index contributed by atoms with van der Waals surface area (Å²) in [5.74, 6) is -0.249. The first-order valence-corrected chi connectivity index (χ1v) is 7.48. The molecular formula is C16H24O4. The summed E-state index contributed by atoms with van der Waals surface area (Å²) in [6.45, 7) is 1.89. The highest BCUT2D eigenvalue weighted by molar-refractivity contribution is 5.82. The molecule has 4 nitrogen and oxygen atoms in total. The molecule has 0 spiro atoms. The van der Waals surface area contributed by atoms with E-state index in [2.05, 4.69) is 12.2 Å². The molecular weight excluding hydrogens is 256 g/mol. The summed E-state index contributed by atoms with van der Waals surface area (Å²) in [4.78, 5) is 11.6. The minimum atomic E-state index is -0.717. The van der Waals surface area contributed by atoms with Crippen molar-refractivity contribution in [1.29, 1.82) is 0 Å². The van der Waals surface area contributed by atoms with E-state index >= 15 is 0 Å². The van der Waals surface area contributed by atoms with Crippen molar-refractivity contribution in [3.8, 4) is 0 Å². The molecule has 0 aromatic heterocycles. The topological polar surface area (TPSA) is 66.8 Å². The highest BCUT2D eigenvalue weighted by atomic mass is 16.5. The molecule has 0 bridgehead atoms. The first-order valence-electron chi connectivity index (χ1n) is 7.48. The summed E-state index contributed by atoms with van der Waals surface area (Å²) in [6, 6.07) is 0. The Bertz CT molecular complexity index is 388. The van der Waals surface area contributed by atoms with E-state index < -0.39 is 12.1 Å². The molecule has 2 aliphatic rings. The lowest BCUT2D eigenvalue weighted by Gasteiger charge is -2.19. The maximum absolute atomic E-state index is 11.6. The van der Waals surface area contributed by atoms with Gasteiger partial charge in [-0.3, -0.25) is 0 Å². The number of ether oxygens (including phenoxy) is 1. The Balaban J connectivity index is 2.11. The molecule has 1 fully saturated rings. The monoisotopic (exact) mass is 280 g/mol. The van der Waals surface area contributed by atoms with E-state index in [9.17, 15) is 15.0 Å². The summed E-state index contributed by atoms with van der Waals surface area (Å²) < 4.78 is 5.23. The van der Waals surface area contributed by atoms with Gasteiger partial charge in [0.15, 0.2) is 0 Å². The minimum Gasteiger partial charge on any atom is -0.460 e. The molecule has 2 N–H and O–H groups in total. The fourth-order valence-electron chi connectivity index (χ4n) is 3.10. The van der Waals surface area contributed by atoms with E-state index in [-0.39, 0.29) is 24.0 Å². The van der Waals surface area contributed by atoms with Gasteiger partial charge in [-0.25, -0.2) is 4.79 Å². The Hall–Kier alpha value is -1.13. The maximum Gasteiger partial charge on any atom is 0.330 e. The van der Waals surface area contributed by atoms with Gasteiger partial charge in [0, 0.05) is 6.08 Å². The smallest absolute Gasteiger partial charge is 0.330 e. The summed E-state index contributed by atoms with van der Waals surface area (Å²) in [6.07, 6.45) is 9.87. The number of carbonyl (C=O) groups excluding carboxylic acids is 1. The van der Waals surface area contributed by atoms with Gasteiger partial charge in [0.2, 0.25) is 0 Å². The van der Waals surface area contributed by atoms with E-state index in [1.807, 2.05) is 6.92 Å². The van der Waals surface area contributed by atoms with Crippen LogP contribution in [0, 0.1) is 11.8 Å². The van der Waals surface area contributed by atoms with Gasteiger partial charge in [0.25, 0.3) is 0 Å². The number of hydrogen-bond acceptors (Lipinski definition) is 4. The van der Waals surface area contributed by atoms with Crippen LogP contribution in [0.25, 0.3) is 0 Å². The average molecular weight is 280 g/mol. The maximum atomic E-state index is 11.6. The number of fused-ring (bicyclic) bond motifs is 1. The zero-order valence-corrected chi connectivity index (χ0v) is 11.9. The van der Waals surface area contributed by atoms with Gasteiger partial charge in [0.1, 0.15) is 0 Å². The van der Waals surface area contributed by atoms with Crippen LogP contribution in [0.2, 0.25) is 0 Å². The molecule has 1 heterocycles. The van der Waals surface area contributed by atoms with Gasteiger partial charge in [-0.2, -0.15) is 0 Å². The Kier molecular flexibility index (Phi) is 5.38. The van der Waals surface area contributed by atoms with Gasteiger partial charge < -0.3 is 14.9 Å². The lowest BCUT2D eigenvalue weighted by atomic mass is 9.90. The van der Waals surface area contributed by atoms with Gasteiger partial charge in [-0.05, 0) is 56.9 Å². The van der Waals surface area contributed by atoms with Gasteiger partial charge >= 0.3 is 5.97 Å². The third-order valence-electron chi connectivity index (χ3n) is 4.19. The molecule has 0 saturated heterocycles. The standard InChI is InChI=1S/C16H24O4/c1-11-5-3-2-4-6-12-9-13(17)10-14(12)15(18)7-8-16(19)20-11/h4,6-8,11-15,17-18H,2-3,5,9-10H2,1H3/b6-4-,8-7-/t11-,12+,13+,14+,15-/m1/s1. The van der Waals surface area contributed by atoms with Crippen molar-refractivity contribution in [1.82, 2.24) is 0 Å². The Labute approximate surface area is 120 Å². The van der Waals surface area contributed by atoms with Crippen LogP contribution < -0.4 is 0 Å². The van der Waals surface area contributed by atoms with Crippen molar-refractivity contribution in [3.05, 3.63) is 24.3 Å². The Morgan fingerprint density at radius 3 is 2.85 bits per heavy atom. The number of allylic oxidation sites excluding steroid dienone is 2. The molecule has 0 radical (unpaired) electrons. The Morgan fingerprint density at radius 1 is 1.25 bits per heavy atom. The Morgan fingerprint density at radius 2 is 2.05 bits per heavy atom. The zero-order chi connectivity index (χ0) is 14.5. The zero-order valence-electron chi connectivity index (χ0n) is 11.9. The second-order valence-corrected chi connectivity index (χ2v) is 5.91. The molecule has 0 aromatic carbocycles. The first-order chi connectivity index (χ1) is 9.56. The largest absolute Gasteiger partial charge is 0.460 e. The van der Waals surface area contributed by atoms with Crippen LogP contribution in [0.1, 0.15) is 39.0 Å². The number of rotatable bonds is 0. The summed E-state index contributed by atoms with van der Waals surface area (Å²) in [5.41, 5.74) is 0. The molecule has 20 heavy (non-hydrogen) atoms. The molecule has 1 aliphatic heterocycles. The SMILES string of the molecule is C[C@@H]1CCC/C=C\[C@H]2C[C@H](O)C[C@@H]2[C@H](O)/C=C\C(=O)O1. The van der Waals surface area contributed by atoms with Gasteiger partial charge in [0.05, 0.1) is 18.3 Å². The van der Waals surface area contributed by atoms with Gasteiger partial charge in [-0.1, -0.05) is 12.2 Å². The lowest BCUT2D eigenvalue weighted by Crippen LogP contribution is -2.21.